The maximum Gasteiger partial charge on any atom is 0.269 e. The molecule has 0 aliphatic carbocycles. The van der Waals surface area contributed by atoms with E-state index in [9.17, 15) is 9.59 Å². The zero-order valence-corrected chi connectivity index (χ0v) is 12.0. The Kier molecular flexibility index (Phi) is 3.16. The molecule has 0 bridgehead atoms. The first-order valence-corrected chi connectivity index (χ1v) is 7.09. The largest absolute Gasteiger partial charge is 0.397 e. The van der Waals surface area contributed by atoms with E-state index in [1.165, 1.54) is 0 Å². The molecule has 0 amide bonds. The summed E-state index contributed by atoms with van der Waals surface area (Å²) in [5.74, 6) is -0.252. The van der Waals surface area contributed by atoms with Gasteiger partial charge in [0.05, 0.1) is 16.8 Å². The first-order valence-electron chi connectivity index (χ1n) is 6.28. The molecule has 0 atom stereocenters. The lowest BCUT2D eigenvalue weighted by molar-refractivity contribution is 0.104. The van der Waals surface area contributed by atoms with Crippen LogP contribution in [0.4, 0.5) is 11.4 Å². The van der Waals surface area contributed by atoms with Crippen LogP contribution < -0.4 is 17.0 Å². The van der Waals surface area contributed by atoms with Crippen LogP contribution in [0.3, 0.4) is 0 Å². The molecule has 0 saturated heterocycles. The van der Waals surface area contributed by atoms with Crippen LogP contribution in [-0.4, -0.2) is 10.8 Å². The Morgan fingerprint density at radius 3 is 2.50 bits per heavy atom. The summed E-state index contributed by atoms with van der Waals surface area (Å²) < 4.78 is 0. The number of thiophene rings is 1. The average molecular weight is 310 g/mol. The molecule has 6 nitrogen and oxygen atoms in total. The third kappa shape index (κ3) is 1.94. The molecule has 0 unspecified atom stereocenters. The number of hydrogen-bond acceptors (Lipinski definition) is 6. The van der Waals surface area contributed by atoms with Crippen molar-refractivity contribution < 1.29 is 4.79 Å². The fraction of sp³-hybridized carbons (Fsp3) is 0. The van der Waals surface area contributed by atoms with Gasteiger partial charge in [0.25, 0.3) is 5.56 Å². The number of nitrogens with two attached hydrogens (primary N) is 2. The number of H-pyrrole nitrogens is 1. The number of fused-ring (bicyclic) bond motifs is 1. The van der Waals surface area contributed by atoms with E-state index >= 15 is 0 Å². The maximum absolute atomic E-state index is 12.5. The number of aromatic amines is 1. The topological polar surface area (TPSA) is 126 Å². The van der Waals surface area contributed by atoms with Crippen molar-refractivity contribution in [2.45, 2.75) is 0 Å². The van der Waals surface area contributed by atoms with Gasteiger partial charge in [-0.25, -0.2) is 0 Å². The Balaban J connectivity index is 2.28. The molecular weight excluding hydrogens is 300 g/mol. The average Bonchev–Trinajstić information content (AvgIpc) is 2.84. The zero-order chi connectivity index (χ0) is 15.9. The fourth-order valence-corrected chi connectivity index (χ4v) is 3.30. The molecule has 22 heavy (non-hydrogen) atoms. The Labute approximate surface area is 128 Å². The van der Waals surface area contributed by atoms with Crippen LogP contribution >= 0.6 is 11.3 Å². The number of carbonyl (C=O) groups is 1. The monoisotopic (exact) mass is 310 g/mol. The number of nitrogens with one attached hydrogen (secondary N) is 1. The van der Waals surface area contributed by atoms with Crippen LogP contribution in [0.25, 0.3) is 10.2 Å². The molecule has 2 aromatic heterocycles. The van der Waals surface area contributed by atoms with E-state index in [0.29, 0.717) is 20.7 Å². The van der Waals surface area contributed by atoms with Crippen molar-refractivity contribution in [3.8, 4) is 6.07 Å². The molecule has 108 valence electrons. The standard InChI is InChI=1S/C15H10N4O2S/c16-6-8-10(17)9-11(18)13(22-15(9)19-14(8)21)12(20)7-4-2-1-3-5-7/h1-5H,18H2,(H3,17,19,21). The summed E-state index contributed by atoms with van der Waals surface area (Å²) in [5.41, 5.74) is 11.8. The highest BCUT2D eigenvalue weighted by Crippen LogP contribution is 2.37. The minimum Gasteiger partial charge on any atom is -0.397 e. The maximum atomic E-state index is 12.5. The van der Waals surface area contributed by atoms with Crippen molar-refractivity contribution in [1.29, 1.82) is 5.26 Å². The predicted octanol–water partition coefficient (Wildman–Crippen LogP) is 1.86. The normalized spacial score (nSPS) is 10.5. The summed E-state index contributed by atoms with van der Waals surface area (Å²) >= 11 is 1.05. The molecule has 3 rings (SSSR count). The second-order valence-corrected chi connectivity index (χ2v) is 5.62. The SMILES string of the molecule is N#Cc1c(N)c2c(N)c(C(=O)c3ccccc3)sc2[nH]c1=O. The van der Waals surface area contributed by atoms with Gasteiger partial charge in [0.2, 0.25) is 5.78 Å². The summed E-state index contributed by atoms with van der Waals surface area (Å²) in [6.07, 6.45) is 0. The minimum absolute atomic E-state index is 0.00196. The van der Waals surface area contributed by atoms with Gasteiger partial charge in [0, 0.05) is 5.56 Å². The van der Waals surface area contributed by atoms with E-state index in [4.69, 9.17) is 16.7 Å². The summed E-state index contributed by atoms with van der Waals surface area (Å²) in [5, 5.41) is 9.34. The molecule has 0 spiro atoms. The molecule has 3 aromatic rings. The fourth-order valence-electron chi connectivity index (χ4n) is 2.21. The lowest BCUT2D eigenvalue weighted by Gasteiger charge is -2.01. The Morgan fingerprint density at radius 1 is 1.18 bits per heavy atom. The number of pyridine rings is 1. The molecule has 7 heteroatoms. The minimum atomic E-state index is -0.590. The van der Waals surface area contributed by atoms with Crippen molar-refractivity contribution in [1.82, 2.24) is 4.98 Å². The van der Waals surface area contributed by atoms with Gasteiger partial charge in [0.15, 0.2) is 0 Å². The van der Waals surface area contributed by atoms with Gasteiger partial charge < -0.3 is 16.5 Å². The van der Waals surface area contributed by atoms with Crippen LogP contribution in [0, 0.1) is 11.3 Å². The highest BCUT2D eigenvalue weighted by molar-refractivity contribution is 7.21. The second kappa shape index (κ2) is 5.02. The van der Waals surface area contributed by atoms with E-state index in [1.807, 2.05) is 0 Å². The number of rotatable bonds is 2. The lowest BCUT2D eigenvalue weighted by Crippen LogP contribution is -2.12. The number of hydrogen-bond donors (Lipinski definition) is 3. The third-order valence-electron chi connectivity index (χ3n) is 3.29. The van der Waals surface area contributed by atoms with Crippen LogP contribution in [0.2, 0.25) is 0 Å². The molecule has 0 aliphatic heterocycles. The van der Waals surface area contributed by atoms with Crippen molar-refractivity contribution in [3.63, 3.8) is 0 Å². The van der Waals surface area contributed by atoms with Gasteiger partial charge in [-0.1, -0.05) is 30.3 Å². The molecule has 2 heterocycles. The van der Waals surface area contributed by atoms with Crippen LogP contribution in [0.15, 0.2) is 35.1 Å². The predicted molar refractivity (Wildman–Crippen MR) is 85.9 cm³/mol. The molecule has 0 aliphatic rings. The molecular formula is C15H10N4O2S. The van der Waals surface area contributed by atoms with E-state index in [1.54, 1.807) is 36.4 Å². The van der Waals surface area contributed by atoms with E-state index in [0.717, 1.165) is 11.3 Å². The van der Waals surface area contributed by atoms with Gasteiger partial charge in [-0.3, -0.25) is 9.59 Å². The highest BCUT2D eigenvalue weighted by atomic mass is 32.1. The molecule has 5 N–H and O–H groups in total. The van der Waals surface area contributed by atoms with Crippen LogP contribution in [0.1, 0.15) is 20.8 Å². The van der Waals surface area contributed by atoms with E-state index in [2.05, 4.69) is 4.98 Å². The second-order valence-electron chi connectivity index (χ2n) is 4.60. The number of anilines is 2. The van der Waals surface area contributed by atoms with Crippen LogP contribution in [0.5, 0.6) is 0 Å². The number of ketones is 1. The first kappa shape index (κ1) is 13.9. The van der Waals surface area contributed by atoms with Gasteiger partial charge in [0.1, 0.15) is 21.3 Å². The van der Waals surface area contributed by atoms with Gasteiger partial charge in [-0.05, 0) is 0 Å². The van der Waals surface area contributed by atoms with Gasteiger partial charge >= 0.3 is 0 Å². The number of carbonyl (C=O) groups excluding carboxylic acids is 1. The number of nitrogens with zero attached hydrogens (tertiary/aromatic N) is 1. The van der Waals surface area contributed by atoms with Gasteiger partial charge in [-0.15, -0.1) is 11.3 Å². The summed E-state index contributed by atoms with van der Waals surface area (Å²) in [6.45, 7) is 0. The third-order valence-corrected chi connectivity index (χ3v) is 4.41. The highest BCUT2D eigenvalue weighted by Gasteiger charge is 2.22. The molecule has 0 radical (unpaired) electrons. The summed E-state index contributed by atoms with van der Waals surface area (Å²) in [7, 11) is 0. The Bertz CT molecular complexity index is 996. The number of nitrogen functional groups attached to an aromatic ring is 2. The lowest BCUT2D eigenvalue weighted by atomic mass is 10.1. The van der Waals surface area contributed by atoms with Crippen molar-refractivity contribution in [2.24, 2.45) is 0 Å². The van der Waals surface area contributed by atoms with E-state index < -0.39 is 5.56 Å². The summed E-state index contributed by atoms with van der Waals surface area (Å²) in [4.78, 5) is 27.5. The Hall–Kier alpha value is -3.11. The summed E-state index contributed by atoms with van der Waals surface area (Å²) in [6, 6.07) is 10.4. The van der Waals surface area contributed by atoms with Crippen molar-refractivity contribution in [3.05, 3.63) is 56.7 Å². The number of benzene rings is 1. The van der Waals surface area contributed by atoms with Crippen LogP contribution in [-0.2, 0) is 0 Å². The van der Waals surface area contributed by atoms with Gasteiger partial charge in [-0.2, -0.15) is 5.26 Å². The zero-order valence-electron chi connectivity index (χ0n) is 11.2. The number of nitriles is 1. The van der Waals surface area contributed by atoms with Crippen molar-refractivity contribution >= 4 is 38.7 Å². The smallest absolute Gasteiger partial charge is 0.269 e. The molecule has 0 saturated carbocycles. The number of aromatic nitrogens is 1. The molecule has 1 aromatic carbocycles. The molecule has 0 fully saturated rings. The van der Waals surface area contributed by atoms with Crippen molar-refractivity contribution in [2.75, 3.05) is 11.5 Å². The quantitative estimate of drug-likeness (QED) is 0.623. The first-order chi connectivity index (χ1) is 10.5. The van der Waals surface area contributed by atoms with E-state index in [-0.39, 0.29) is 22.7 Å². The Morgan fingerprint density at radius 2 is 1.86 bits per heavy atom.